The van der Waals surface area contributed by atoms with Crippen molar-refractivity contribution in [2.45, 2.75) is 65.3 Å². The van der Waals surface area contributed by atoms with Crippen LogP contribution in [0.3, 0.4) is 0 Å². The van der Waals surface area contributed by atoms with E-state index in [4.69, 9.17) is 19.2 Å². The van der Waals surface area contributed by atoms with Gasteiger partial charge in [0.05, 0.1) is 12.7 Å². The molecule has 3 atom stereocenters. The van der Waals surface area contributed by atoms with Crippen molar-refractivity contribution in [3.63, 3.8) is 0 Å². The second kappa shape index (κ2) is 12.9. The summed E-state index contributed by atoms with van der Waals surface area (Å²) >= 11 is 0. The van der Waals surface area contributed by atoms with Gasteiger partial charge in [0.25, 0.3) is 0 Å². The first-order valence-corrected chi connectivity index (χ1v) is 10.9. The van der Waals surface area contributed by atoms with E-state index in [9.17, 15) is 4.79 Å². The molecule has 3 unspecified atom stereocenters. The standard InChI is InChI=1S/C21H40N4O4.HI/c1-7-22-19(25-10-12-28-18(15-25)17-9-8-11-27-17)23-13-16(2)14-24(6)20(26)29-21(3,4)5;/h16-18H,7-15H2,1-6H3,(H,22,23);1H. The van der Waals surface area contributed by atoms with Crippen molar-refractivity contribution in [3.8, 4) is 0 Å². The van der Waals surface area contributed by atoms with Crippen molar-refractivity contribution in [1.29, 1.82) is 0 Å². The van der Waals surface area contributed by atoms with E-state index in [0.717, 1.165) is 45.0 Å². The predicted molar refractivity (Wildman–Crippen MR) is 130 cm³/mol. The van der Waals surface area contributed by atoms with Crippen molar-refractivity contribution < 1.29 is 19.0 Å². The number of guanidine groups is 1. The lowest BCUT2D eigenvalue weighted by Crippen LogP contribution is -2.53. The Morgan fingerprint density at radius 1 is 1.30 bits per heavy atom. The van der Waals surface area contributed by atoms with Crippen molar-refractivity contribution in [3.05, 3.63) is 0 Å². The van der Waals surface area contributed by atoms with Gasteiger partial charge < -0.3 is 29.3 Å². The summed E-state index contributed by atoms with van der Waals surface area (Å²) in [6, 6.07) is 0. The molecule has 2 aliphatic heterocycles. The number of hydrogen-bond donors (Lipinski definition) is 1. The van der Waals surface area contributed by atoms with E-state index < -0.39 is 5.60 Å². The third kappa shape index (κ3) is 9.13. The predicted octanol–water partition coefficient (Wildman–Crippen LogP) is 2.95. The number of carbonyl (C=O) groups excluding carboxylic acids is 1. The van der Waals surface area contributed by atoms with Crippen LogP contribution in [0.2, 0.25) is 0 Å². The molecule has 1 amide bonds. The number of rotatable bonds is 6. The zero-order valence-electron chi connectivity index (χ0n) is 19.5. The smallest absolute Gasteiger partial charge is 0.410 e. The molecule has 8 nitrogen and oxygen atoms in total. The van der Waals surface area contributed by atoms with Gasteiger partial charge >= 0.3 is 6.09 Å². The molecule has 1 N–H and O–H groups in total. The number of carbonyl (C=O) groups is 1. The van der Waals surface area contributed by atoms with E-state index in [0.29, 0.717) is 19.7 Å². The highest BCUT2D eigenvalue weighted by Crippen LogP contribution is 2.21. The van der Waals surface area contributed by atoms with Gasteiger partial charge in [0.1, 0.15) is 11.7 Å². The Labute approximate surface area is 199 Å². The van der Waals surface area contributed by atoms with Gasteiger partial charge in [-0.05, 0) is 46.5 Å². The van der Waals surface area contributed by atoms with E-state index in [-0.39, 0.29) is 48.2 Å². The molecule has 2 aliphatic rings. The highest BCUT2D eigenvalue weighted by atomic mass is 127. The van der Waals surface area contributed by atoms with Crippen LogP contribution in [0.1, 0.15) is 47.5 Å². The number of ether oxygens (including phenoxy) is 3. The SMILES string of the molecule is CCNC(=NCC(C)CN(C)C(=O)OC(C)(C)C)N1CCOC(C2CCCO2)C1.I. The van der Waals surface area contributed by atoms with E-state index in [1.807, 2.05) is 20.8 Å². The second-order valence-electron chi connectivity index (χ2n) is 9.07. The largest absolute Gasteiger partial charge is 0.444 e. The quantitative estimate of drug-likeness (QED) is 0.317. The Morgan fingerprint density at radius 3 is 2.60 bits per heavy atom. The van der Waals surface area contributed by atoms with Crippen LogP contribution in [0, 0.1) is 5.92 Å². The Bertz CT molecular complexity index is 550. The fourth-order valence-corrected chi connectivity index (χ4v) is 3.60. The molecule has 0 aromatic rings. The van der Waals surface area contributed by atoms with E-state index in [1.54, 1.807) is 11.9 Å². The number of aliphatic imine (C=N–C) groups is 1. The van der Waals surface area contributed by atoms with Gasteiger partial charge in [-0.2, -0.15) is 0 Å². The van der Waals surface area contributed by atoms with Gasteiger partial charge in [-0.1, -0.05) is 6.92 Å². The lowest BCUT2D eigenvalue weighted by Gasteiger charge is -2.37. The first-order valence-electron chi connectivity index (χ1n) is 10.9. The molecule has 2 fully saturated rings. The highest BCUT2D eigenvalue weighted by Gasteiger charge is 2.32. The summed E-state index contributed by atoms with van der Waals surface area (Å²) in [5.74, 6) is 1.13. The number of halogens is 1. The average Bonchev–Trinajstić information content (AvgIpc) is 3.18. The lowest BCUT2D eigenvalue weighted by atomic mass is 10.1. The molecule has 0 bridgehead atoms. The maximum Gasteiger partial charge on any atom is 0.410 e. The van der Waals surface area contributed by atoms with Crippen LogP contribution in [0.15, 0.2) is 4.99 Å². The third-order valence-electron chi connectivity index (χ3n) is 4.95. The molecule has 0 saturated carbocycles. The maximum absolute atomic E-state index is 12.2. The fourth-order valence-electron chi connectivity index (χ4n) is 3.60. The van der Waals surface area contributed by atoms with Gasteiger partial charge in [-0.15, -0.1) is 24.0 Å². The molecule has 9 heteroatoms. The summed E-state index contributed by atoms with van der Waals surface area (Å²) in [6.45, 7) is 15.0. The zero-order valence-corrected chi connectivity index (χ0v) is 21.8. The molecular formula is C21H41IN4O4. The number of morpholine rings is 1. The van der Waals surface area contributed by atoms with E-state index in [2.05, 4.69) is 24.1 Å². The molecule has 0 aromatic heterocycles. The van der Waals surface area contributed by atoms with Crippen LogP contribution >= 0.6 is 24.0 Å². The summed E-state index contributed by atoms with van der Waals surface area (Å²) in [6.07, 6.45) is 2.18. The molecule has 0 radical (unpaired) electrons. The summed E-state index contributed by atoms with van der Waals surface area (Å²) in [5, 5.41) is 3.40. The van der Waals surface area contributed by atoms with Crippen LogP contribution in [0.5, 0.6) is 0 Å². The molecule has 0 spiro atoms. The first-order chi connectivity index (χ1) is 13.7. The molecule has 2 rings (SSSR count). The summed E-state index contributed by atoms with van der Waals surface area (Å²) in [7, 11) is 1.77. The highest BCUT2D eigenvalue weighted by molar-refractivity contribution is 14.0. The normalized spacial score (nSPS) is 23.5. The average molecular weight is 540 g/mol. The minimum absolute atomic E-state index is 0. The van der Waals surface area contributed by atoms with Crippen molar-refractivity contribution in [1.82, 2.24) is 15.1 Å². The number of amides is 1. The van der Waals surface area contributed by atoms with Crippen LogP contribution in [-0.4, -0.2) is 92.6 Å². The summed E-state index contributed by atoms with van der Waals surface area (Å²) in [4.78, 5) is 20.9. The first kappa shape index (κ1) is 27.2. The minimum atomic E-state index is -0.485. The second-order valence-corrected chi connectivity index (χ2v) is 9.07. The van der Waals surface area contributed by atoms with Gasteiger partial charge in [0.2, 0.25) is 0 Å². The molecule has 176 valence electrons. The monoisotopic (exact) mass is 540 g/mol. The molecule has 2 saturated heterocycles. The molecular weight excluding hydrogens is 499 g/mol. The van der Waals surface area contributed by atoms with Crippen LogP contribution in [-0.2, 0) is 14.2 Å². The minimum Gasteiger partial charge on any atom is -0.444 e. The maximum atomic E-state index is 12.2. The molecule has 0 aliphatic carbocycles. The fraction of sp³-hybridized carbons (Fsp3) is 0.905. The van der Waals surface area contributed by atoms with Gasteiger partial charge in [0, 0.05) is 46.4 Å². The lowest BCUT2D eigenvalue weighted by molar-refractivity contribution is -0.0817. The van der Waals surface area contributed by atoms with E-state index >= 15 is 0 Å². The van der Waals surface area contributed by atoms with E-state index in [1.165, 1.54) is 0 Å². The zero-order chi connectivity index (χ0) is 21.4. The van der Waals surface area contributed by atoms with Crippen molar-refractivity contribution in [2.75, 3.05) is 53.0 Å². The number of nitrogens with one attached hydrogen (secondary N) is 1. The van der Waals surface area contributed by atoms with Crippen LogP contribution < -0.4 is 5.32 Å². The number of hydrogen-bond acceptors (Lipinski definition) is 5. The van der Waals surface area contributed by atoms with Crippen LogP contribution in [0.25, 0.3) is 0 Å². The Morgan fingerprint density at radius 2 is 2.00 bits per heavy atom. The third-order valence-corrected chi connectivity index (χ3v) is 4.95. The topological polar surface area (TPSA) is 75.6 Å². The van der Waals surface area contributed by atoms with Gasteiger partial charge in [-0.25, -0.2) is 4.79 Å². The summed E-state index contributed by atoms with van der Waals surface area (Å²) in [5.41, 5.74) is -0.485. The molecule has 0 aromatic carbocycles. The molecule has 30 heavy (non-hydrogen) atoms. The molecule has 2 heterocycles. The van der Waals surface area contributed by atoms with Gasteiger partial charge in [0.15, 0.2) is 5.96 Å². The van der Waals surface area contributed by atoms with Crippen LogP contribution in [0.4, 0.5) is 4.79 Å². The van der Waals surface area contributed by atoms with Crippen molar-refractivity contribution >= 4 is 36.0 Å². The van der Waals surface area contributed by atoms with Crippen molar-refractivity contribution in [2.24, 2.45) is 10.9 Å². The Hall–Kier alpha value is -0.810. The Kier molecular flexibility index (Phi) is 11.7. The number of nitrogens with zero attached hydrogens (tertiary/aromatic N) is 3. The summed E-state index contributed by atoms with van der Waals surface area (Å²) < 4.78 is 17.2. The van der Waals surface area contributed by atoms with Gasteiger partial charge in [-0.3, -0.25) is 4.99 Å². The Balaban J connectivity index is 0.00000450.